The number of fused-ring (bicyclic) bond motifs is 1. The molecule has 2 aromatic carbocycles. The van der Waals surface area contributed by atoms with E-state index in [9.17, 15) is 4.79 Å². The standard InChI is InChI=1S/C17H18N2O2/c20-17(18-11-13-6-2-1-3-7-13)19-12-15-10-14-8-4-5-9-16(14)21-15/h1-9,15H,10-12H2,(H2,18,19,20)/t15-/m0/s1. The molecule has 0 fully saturated rings. The molecule has 3 rings (SSSR count). The number of hydrogen-bond acceptors (Lipinski definition) is 2. The molecule has 2 N–H and O–H groups in total. The van der Waals surface area contributed by atoms with Crippen LogP contribution in [0.5, 0.6) is 5.75 Å². The molecular weight excluding hydrogens is 264 g/mol. The molecule has 0 bridgehead atoms. The summed E-state index contributed by atoms with van der Waals surface area (Å²) < 4.78 is 5.78. The van der Waals surface area contributed by atoms with Crippen LogP contribution in [0.15, 0.2) is 54.6 Å². The maximum absolute atomic E-state index is 11.8. The van der Waals surface area contributed by atoms with Crippen molar-refractivity contribution in [1.82, 2.24) is 10.6 Å². The maximum Gasteiger partial charge on any atom is 0.315 e. The molecular formula is C17H18N2O2. The van der Waals surface area contributed by atoms with Crippen LogP contribution in [-0.4, -0.2) is 18.7 Å². The summed E-state index contributed by atoms with van der Waals surface area (Å²) in [6, 6.07) is 17.7. The number of nitrogens with one attached hydrogen (secondary N) is 2. The van der Waals surface area contributed by atoms with Crippen molar-refractivity contribution in [2.45, 2.75) is 19.1 Å². The number of rotatable bonds is 4. The number of urea groups is 1. The minimum atomic E-state index is -0.168. The second-order valence-electron chi connectivity index (χ2n) is 5.10. The maximum atomic E-state index is 11.8. The van der Waals surface area contributed by atoms with E-state index in [0.29, 0.717) is 13.1 Å². The van der Waals surface area contributed by atoms with E-state index in [2.05, 4.69) is 16.7 Å². The van der Waals surface area contributed by atoms with Crippen LogP contribution in [0.2, 0.25) is 0 Å². The summed E-state index contributed by atoms with van der Waals surface area (Å²) in [5.41, 5.74) is 2.28. The van der Waals surface area contributed by atoms with E-state index < -0.39 is 0 Å². The van der Waals surface area contributed by atoms with Crippen molar-refractivity contribution >= 4 is 6.03 Å². The van der Waals surface area contributed by atoms with Gasteiger partial charge in [-0.2, -0.15) is 0 Å². The molecule has 0 spiro atoms. The van der Waals surface area contributed by atoms with Crippen LogP contribution in [0.3, 0.4) is 0 Å². The Morgan fingerprint density at radius 1 is 1.05 bits per heavy atom. The third kappa shape index (κ3) is 3.54. The van der Waals surface area contributed by atoms with Crippen molar-refractivity contribution in [3.63, 3.8) is 0 Å². The molecule has 1 aliphatic heterocycles. The van der Waals surface area contributed by atoms with Crippen LogP contribution in [0.4, 0.5) is 4.79 Å². The Morgan fingerprint density at radius 2 is 1.81 bits per heavy atom. The Balaban J connectivity index is 1.41. The highest BCUT2D eigenvalue weighted by atomic mass is 16.5. The Kier molecular flexibility index (Phi) is 4.05. The highest BCUT2D eigenvalue weighted by molar-refractivity contribution is 5.73. The normalized spacial score (nSPS) is 15.9. The minimum absolute atomic E-state index is 0.0184. The number of carbonyl (C=O) groups is 1. The second kappa shape index (κ2) is 6.31. The fraction of sp³-hybridized carbons (Fsp3) is 0.235. The van der Waals surface area contributed by atoms with Gasteiger partial charge in [-0.15, -0.1) is 0 Å². The van der Waals surface area contributed by atoms with Crippen LogP contribution in [-0.2, 0) is 13.0 Å². The molecule has 2 amide bonds. The van der Waals surface area contributed by atoms with Crippen molar-refractivity contribution in [3.8, 4) is 5.75 Å². The summed E-state index contributed by atoms with van der Waals surface area (Å²) in [5.74, 6) is 0.925. The largest absolute Gasteiger partial charge is 0.488 e. The van der Waals surface area contributed by atoms with Gasteiger partial charge in [-0.1, -0.05) is 48.5 Å². The number of para-hydroxylation sites is 1. The fourth-order valence-corrected chi connectivity index (χ4v) is 2.42. The molecule has 2 aromatic rings. The van der Waals surface area contributed by atoms with E-state index >= 15 is 0 Å². The SMILES string of the molecule is O=C(NCc1ccccc1)NC[C@@H]1Cc2ccccc2O1. The van der Waals surface area contributed by atoms with Gasteiger partial charge < -0.3 is 15.4 Å². The summed E-state index contributed by atoms with van der Waals surface area (Å²) in [6.07, 6.45) is 0.861. The molecule has 108 valence electrons. The topological polar surface area (TPSA) is 50.4 Å². The third-order valence-corrected chi connectivity index (χ3v) is 3.50. The van der Waals surface area contributed by atoms with Gasteiger partial charge in [-0.05, 0) is 17.2 Å². The molecule has 1 atom stereocenters. The number of carbonyl (C=O) groups excluding carboxylic acids is 1. The van der Waals surface area contributed by atoms with E-state index in [1.807, 2.05) is 48.5 Å². The first kappa shape index (κ1) is 13.5. The summed E-state index contributed by atoms with van der Waals surface area (Å²) in [4.78, 5) is 11.8. The molecule has 0 unspecified atom stereocenters. The molecule has 0 saturated heterocycles. The second-order valence-corrected chi connectivity index (χ2v) is 5.10. The first-order chi connectivity index (χ1) is 10.3. The molecule has 0 radical (unpaired) electrons. The quantitative estimate of drug-likeness (QED) is 0.905. The van der Waals surface area contributed by atoms with E-state index in [1.165, 1.54) is 5.56 Å². The first-order valence-electron chi connectivity index (χ1n) is 7.11. The lowest BCUT2D eigenvalue weighted by atomic mass is 10.1. The number of amides is 2. The number of ether oxygens (including phenoxy) is 1. The molecule has 4 nitrogen and oxygen atoms in total. The summed E-state index contributed by atoms with van der Waals surface area (Å²) in [6.45, 7) is 1.04. The first-order valence-corrected chi connectivity index (χ1v) is 7.11. The summed E-state index contributed by atoms with van der Waals surface area (Å²) in [7, 11) is 0. The average molecular weight is 282 g/mol. The molecule has 21 heavy (non-hydrogen) atoms. The monoisotopic (exact) mass is 282 g/mol. The van der Waals surface area contributed by atoms with Gasteiger partial charge in [0.1, 0.15) is 11.9 Å². The third-order valence-electron chi connectivity index (χ3n) is 3.50. The lowest BCUT2D eigenvalue weighted by Crippen LogP contribution is -2.40. The highest BCUT2D eigenvalue weighted by Crippen LogP contribution is 2.27. The van der Waals surface area contributed by atoms with Crippen molar-refractivity contribution in [1.29, 1.82) is 0 Å². The number of benzene rings is 2. The van der Waals surface area contributed by atoms with E-state index in [4.69, 9.17) is 4.74 Å². The lowest BCUT2D eigenvalue weighted by molar-refractivity contribution is 0.214. The zero-order valence-corrected chi connectivity index (χ0v) is 11.7. The molecule has 1 aliphatic rings. The van der Waals surface area contributed by atoms with Gasteiger partial charge in [-0.3, -0.25) is 0 Å². The van der Waals surface area contributed by atoms with E-state index in [1.54, 1.807) is 0 Å². The molecule has 0 aliphatic carbocycles. The molecule has 0 aromatic heterocycles. The molecule has 4 heteroatoms. The molecule has 1 heterocycles. The van der Waals surface area contributed by atoms with Gasteiger partial charge in [0.25, 0.3) is 0 Å². The Hall–Kier alpha value is -2.49. The van der Waals surface area contributed by atoms with Crippen molar-refractivity contribution in [2.75, 3.05) is 6.54 Å². The smallest absolute Gasteiger partial charge is 0.315 e. The van der Waals surface area contributed by atoms with Gasteiger partial charge in [0.05, 0.1) is 6.54 Å². The Labute approximate surface area is 124 Å². The van der Waals surface area contributed by atoms with Crippen molar-refractivity contribution in [3.05, 3.63) is 65.7 Å². The minimum Gasteiger partial charge on any atom is -0.488 e. The van der Waals surface area contributed by atoms with Crippen molar-refractivity contribution < 1.29 is 9.53 Å². The van der Waals surface area contributed by atoms with Crippen LogP contribution in [0.1, 0.15) is 11.1 Å². The van der Waals surface area contributed by atoms with Crippen LogP contribution in [0, 0.1) is 0 Å². The summed E-state index contributed by atoms with van der Waals surface area (Å²) >= 11 is 0. The molecule has 0 saturated carbocycles. The van der Waals surface area contributed by atoms with Crippen molar-refractivity contribution in [2.24, 2.45) is 0 Å². The zero-order valence-electron chi connectivity index (χ0n) is 11.7. The van der Waals surface area contributed by atoms with Crippen LogP contribution >= 0.6 is 0 Å². The zero-order chi connectivity index (χ0) is 14.5. The van der Waals surface area contributed by atoms with Gasteiger partial charge in [0.2, 0.25) is 0 Å². The Morgan fingerprint density at radius 3 is 2.62 bits per heavy atom. The van der Waals surface area contributed by atoms with E-state index in [-0.39, 0.29) is 12.1 Å². The summed E-state index contributed by atoms with van der Waals surface area (Å²) in [5, 5.41) is 5.69. The van der Waals surface area contributed by atoms with Gasteiger partial charge in [-0.25, -0.2) is 4.79 Å². The lowest BCUT2D eigenvalue weighted by Gasteiger charge is -2.12. The predicted molar refractivity (Wildman–Crippen MR) is 81.2 cm³/mol. The predicted octanol–water partition coefficient (Wildman–Crippen LogP) is 2.49. The van der Waals surface area contributed by atoms with Gasteiger partial charge in [0, 0.05) is 13.0 Å². The van der Waals surface area contributed by atoms with Crippen LogP contribution in [0.25, 0.3) is 0 Å². The number of hydrogen-bond donors (Lipinski definition) is 2. The average Bonchev–Trinajstić information content (AvgIpc) is 2.95. The highest BCUT2D eigenvalue weighted by Gasteiger charge is 2.22. The Bertz CT molecular complexity index is 588. The van der Waals surface area contributed by atoms with Gasteiger partial charge >= 0.3 is 6.03 Å². The van der Waals surface area contributed by atoms with Gasteiger partial charge in [0.15, 0.2) is 0 Å². The van der Waals surface area contributed by atoms with E-state index in [0.717, 1.165) is 17.7 Å². The fourth-order valence-electron chi connectivity index (χ4n) is 2.42. The van der Waals surface area contributed by atoms with Crippen LogP contribution < -0.4 is 15.4 Å².